The number of aromatic nitrogens is 3. The minimum absolute atomic E-state index is 0.603. The molecule has 12 rings (SSSR count). The van der Waals surface area contributed by atoms with Gasteiger partial charge >= 0.3 is 0 Å². The molecule has 0 fully saturated rings. The molecule has 5 heteroatoms. The average Bonchev–Trinajstić information content (AvgIpc) is 3.85. The van der Waals surface area contributed by atoms with Crippen molar-refractivity contribution in [2.45, 2.75) is 0 Å². The minimum Gasteiger partial charge on any atom is -0.456 e. The zero-order valence-corrected chi connectivity index (χ0v) is 30.7. The highest BCUT2D eigenvalue weighted by Gasteiger charge is 2.22. The Morgan fingerprint density at radius 2 is 0.857 bits per heavy atom. The predicted molar refractivity (Wildman–Crippen MR) is 234 cm³/mol. The van der Waals surface area contributed by atoms with Crippen molar-refractivity contribution >= 4 is 85.8 Å². The summed E-state index contributed by atoms with van der Waals surface area (Å²) in [4.78, 5) is 15.7. The van der Waals surface area contributed by atoms with E-state index in [0.29, 0.717) is 17.5 Å². The van der Waals surface area contributed by atoms with Gasteiger partial charge in [0.2, 0.25) is 0 Å². The van der Waals surface area contributed by atoms with E-state index in [-0.39, 0.29) is 0 Å². The van der Waals surface area contributed by atoms with Crippen LogP contribution in [0, 0.1) is 0 Å². The lowest BCUT2D eigenvalue weighted by Crippen LogP contribution is -2.00. The fourth-order valence-corrected chi connectivity index (χ4v) is 9.84. The number of fused-ring (bicyclic) bond motifs is 12. The minimum atomic E-state index is 0.603. The summed E-state index contributed by atoms with van der Waals surface area (Å²) in [5.41, 5.74) is 6.65. The maximum atomic E-state index is 6.64. The monoisotopic (exact) mass is 731 g/mol. The van der Waals surface area contributed by atoms with Crippen LogP contribution in [0.2, 0.25) is 0 Å². The van der Waals surface area contributed by atoms with Gasteiger partial charge in [0.25, 0.3) is 0 Å². The number of thiophene rings is 1. The van der Waals surface area contributed by atoms with E-state index in [1.165, 1.54) is 47.8 Å². The summed E-state index contributed by atoms with van der Waals surface area (Å²) in [6, 6.07) is 62.0. The molecule has 3 heterocycles. The second-order valence-corrected chi connectivity index (χ2v) is 15.3. The van der Waals surface area contributed by atoms with Crippen molar-refractivity contribution in [3.05, 3.63) is 176 Å². The summed E-state index contributed by atoms with van der Waals surface area (Å²) in [6.45, 7) is 0. The van der Waals surface area contributed by atoms with Gasteiger partial charge in [0.1, 0.15) is 11.2 Å². The summed E-state index contributed by atoms with van der Waals surface area (Å²) in [6.07, 6.45) is 0. The standard InChI is InChI=1S/C51H29N3OS/c1-2-13-30(14-3-1)49-52-50(54-51(53-49)41-23-10-21-39-38-19-8-9-26-45(38)56-48(39)41)40-22-12-25-44-47(40)46-32(20-11-24-43(46)55-44)31-27-28-37-35-17-5-4-15-33(35)34-16-6-7-18-36(34)42(37)29-31/h1-29H. The molecule has 0 saturated carbocycles. The van der Waals surface area contributed by atoms with Crippen LogP contribution in [0.15, 0.2) is 180 Å². The Balaban J connectivity index is 1.12. The quantitative estimate of drug-likeness (QED) is 0.169. The number of furan rings is 1. The van der Waals surface area contributed by atoms with E-state index in [2.05, 4.69) is 146 Å². The van der Waals surface area contributed by atoms with E-state index >= 15 is 0 Å². The summed E-state index contributed by atoms with van der Waals surface area (Å²) < 4.78 is 9.05. The van der Waals surface area contributed by atoms with Crippen molar-refractivity contribution in [3.8, 4) is 45.3 Å². The summed E-state index contributed by atoms with van der Waals surface area (Å²) >= 11 is 1.78. The van der Waals surface area contributed by atoms with Gasteiger partial charge in [-0.25, -0.2) is 15.0 Å². The van der Waals surface area contributed by atoms with E-state index in [0.717, 1.165) is 54.5 Å². The van der Waals surface area contributed by atoms with Crippen molar-refractivity contribution in [3.63, 3.8) is 0 Å². The SMILES string of the molecule is c1ccc(-c2nc(-c3cccc4c3sc3ccccc34)nc(-c3cccc4oc5cccc(-c6ccc7c8ccccc8c8ccccc8c7c6)c5c34)n2)cc1. The van der Waals surface area contributed by atoms with Gasteiger partial charge in [0.05, 0.1) is 0 Å². The smallest absolute Gasteiger partial charge is 0.165 e. The van der Waals surface area contributed by atoms with Crippen LogP contribution in [0.3, 0.4) is 0 Å². The Morgan fingerprint density at radius 1 is 0.339 bits per heavy atom. The molecule has 260 valence electrons. The second kappa shape index (κ2) is 12.2. The highest BCUT2D eigenvalue weighted by atomic mass is 32.1. The lowest BCUT2D eigenvalue weighted by Gasteiger charge is -2.13. The molecule has 4 nitrogen and oxygen atoms in total. The summed E-state index contributed by atoms with van der Waals surface area (Å²) in [7, 11) is 0. The number of nitrogens with zero attached hydrogens (tertiary/aromatic N) is 3. The van der Waals surface area contributed by atoms with Gasteiger partial charge in [-0.1, -0.05) is 146 Å². The van der Waals surface area contributed by atoms with Gasteiger partial charge in [-0.2, -0.15) is 0 Å². The van der Waals surface area contributed by atoms with E-state index in [4.69, 9.17) is 19.4 Å². The zero-order chi connectivity index (χ0) is 36.7. The van der Waals surface area contributed by atoms with Gasteiger partial charge < -0.3 is 4.42 Å². The number of hydrogen-bond donors (Lipinski definition) is 0. The lowest BCUT2D eigenvalue weighted by atomic mass is 9.91. The van der Waals surface area contributed by atoms with Gasteiger partial charge in [0, 0.05) is 47.6 Å². The largest absolute Gasteiger partial charge is 0.456 e. The normalized spacial score (nSPS) is 11.9. The van der Waals surface area contributed by atoms with Crippen molar-refractivity contribution in [2.24, 2.45) is 0 Å². The number of hydrogen-bond acceptors (Lipinski definition) is 5. The first-order chi connectivity index (χ1) is 27.8. The first-order valence-corrected chi connectivity index (χ1v) is 19.6. The Morgan fingerprint density at radius 3 is 1.59 bits per heavy atom. The van der Waals surface area contributed by atoms with Gasteiger partial charge in [0.15, 0.2) is 17.5 Å². The lowest BCUT2D eigenvalue weighted by molar-refractivity contribution is 0.669. The van der Waals surface area contributed by atoms with Gasteiger partial charge in [-0.05, 0) is 73.8 Å². The molecule has 9 aromatic carbocycles. The van der Waals surface area contributed by atoms with Crippen LogP contribution in [0.1, 0.15) is 0 Å². The van der Waals surface area contributed by atoms with Crippen molar-refractivity contribution < 1.29 is 4.42 Å². The molecule has 0 unspecified atom stereocenters. The zero-order valence-electron chi connectivity index (χ0n) is 29.9. The number of benzene rings is 9. The Kier molecular flexibility index (Phi) is 6.76. The first-order valence-electron chi connectivity index (χ1n) is 18.8. The molecule has 12 aromatic rings. The molecule has 0 saturated heterocycles. The first kappa shape index (κ1) is 31.2. The van der Waals surface area contributed by atoms with Gasteiger partial charge in [-0.15, -0.1) is 11.3 Å². The third-order valence-corrected chi connectivity index (χ3v) is 12.4. The Hall–Kier alpha value is -7.21. The molecule has 0 N–H and O–H groups in total. The van der Waals surface area contributed by atoms with Crippen LogP contribution in [0.4, 0.5) is 0 Å². The molecule has 0 atom stereocenters. The second-order valence-electron chi connectivity index (χ2n) is 14.3. The molecular formula is C51H29N3OS. The molecule has 0 bridgehead atoms. The van der Waals surface area contributed by atoms with Crippen molar-refractivity contribution in [1.29, 1.82) is 0 Å². The molecular weight excluding hydrogens is 703 g/mol. The highest BCUT2D eigenvalue weighted by Crippen LogP contribution is 2.44. The Labute approximate surface area is 325 Å². The van der Waals surface area contributed by atoms with E-state index in [1.54, 1.807) is 11.3 Å². The molecule has 0 spiro atoms. The van der Waals surface area contributed by atoms with Crippen LogP contribution in [-0.4, -0.2) is 15.0 Å². The molecule has 0 radical (unpaired) electrons. The topological polar surface area (TPSA) is 51.8 Å². The third-order valence-electron chi connectivity index (χ3n) is 11.1. The van der Waals surface area contributed by atoms with Crippen LogP contribution >= 0.6 is 11.3 Å². The summed E-state index contributed by atoms with van der Waals surface area (Å²) in [5.74, 6) is 1.87. The van der Waals surface area contributed by atoms with Crippen LogP contribution in [0.5, 0.6) is 0 Å². The molecule has 56 heavy (non-hydrogen) atoms. The van der Waals surface area contributed by atoms with E-state index < -0.39 is 0 Å². The van der Waals surface area contributed by atoms with Crippen LogP contribution in [0.25, 0.3) is 120 Å². The number of rotatable bonds is 4. The maximum Gasteiger partial charge on any atom is 0.165 e. The van der Waals surface area contributed by atoms with E-state index in [1.807, 2.05) is 30.3 Å². The predicted octanol–water partition coefficient (Wildman–Crippen LogP) is 14.3. The van der Waals surface area contributed by atoms with Crippen LogP contribution < -0.4 is 0 Å². The molecule has 0 amide bonds. The average molecular weight is 732 g/mol. The van der Waals surface area contributed by atoms with E-state index in [9.17, 15) is 0 Å². The fraction of sp³-hybridized carbons (Fsp3) is 0. The van der Waals surface area contributed by atoms with Gasteiger partial charge in [-0.3, -0.25) is 0 Å². The summed E-state index contributed by atoms with van der Waals surface area (Å²) in [5, 5.41) is 12.0. The highest BCUT2D eigenvalue weighted by molar-refractivity contribution is 7.26. The third kappa shape index (κ3) is 4.68. The molecule has 0 aliphatic rings. The Bertz CT molecular complexity index is 3510. The van der Waals surface area contributed by atoms with Crippen LogP contribution in [-0.2, 0) is 0 Å². The van der Waals surface area contributed by atoms with Crippen molar-refractivity contribution in [1.82, 2.24) is 15.0 Å². The molecule has 0 aliphatic heterocycles. The van der Waals surface area contributed by atoms with Crippen molar-refractivity contribution in [2.75, 3.05) is 0 Å². The molecule has 3 aromatic heterocycles. The fourth-order valence-electron chi connectivity index (χ4n) is 8.63. The molecule has 0 aliphatic carbocycles. The maximum absolute atomic E-state index is 6.64.